The maximum Gasteiger partial charge on any atom is 0.319 e. The summed E-state index contributed by atoms with van der Waals surface area (Å²) in [6.45, 7) is 4.37. The van der Waals surface area contributed by atoms with Gasteiger partial charge in [0.1, 0.15) is 25.4 Å². The van der Waals surface area contributed by atoms with Crippen LogP contribution in [0.4, 0.5) is 10.5 Å². The van der Waals surface area contributed by atoms with E-state index >= 15 is 0 Å². The van der Waals surface area contributed by atoms with Gasteiger partial charge >= 0.3 is 6.03 Å². The number of hydrogen-bond donors (Lipinski definition) is 2. The van der Waals surface area contributed by atoms with Gasteiger partial charge in [0.05, 0.1) is 0 Å². The summed E-state index contributed by atoms with van der Waals surface area (Å²) < 4.78 is 12.9. The SMILES string of the molecule is CCn1cnnc1CCNC(=O)Nc1ccc2c(c1)OCCO2. The van der Waals surface area contributed by atoms with E-state index in [-0.39, 0.29) is 6.03 Å². The first-order valence-electron chi connectivity index (χ1n) is 7.57. The van der Waals surface area contributed by atoms with Gasteiger partial charge in [-0.2, -0.15) is 0 Å². The Morgan fingerprint density at radius 2 is 2.13 bits per heavy atom. The number of aryl methyl sites for hydroxylation is 1. The van der Waals surface area contributed by atoms with E-state index in [0.717, 1.165) is 12.4 Å². The van der Waals surface area contributed by atoms with Gasteiger partial charge in [0.15, 0.2) is 11.5 Å². The summed E-state index contributed by atoms with van der Waals surface area (Å²) in [6, 6.07) is 5.04. The number of nitrogens with zero attached hydrogens (tertiary/aromatic N) is 3. The first kappa shape index (κ1) is 15.1. The topological polar surface area (TPSA) is 90.3 Å². The first-order valence-corrected chi connectivity index (χ1v) is 7.57. The third-order valence-electron chi connectivity index (χ3n) is 3.47. The Labute approximate surface area is 133 Å². The minimum absolute atomic E-state index is 0.274. The molecule has 0 radical (unpaired) electrons. The highest BCUT2D eigenvalue weighted by molar-refractivity contribution is 5.89. The van der Waals surface area contributed by atoms with Gasteiger partial charge in [-0.15, -0.1) is 10.2 Å². The van der Waals surface area contributed by atoms with Crippen molar-refractivity contribution in [3.8, 4) is 11.5 Å². The number of fused-ring (bicyclic) bond motifs is 1. The van der Waals surface area contributed by atoms with E-state index < -0.39 is 0 Å². The standard InChI is InChI=1S/C15H19N5O3/c1-2-20-10-17-19-14(20)5-6-16-15(21)18-11-3-4-12-13(9-11)23-8-7-22-12/h3-4,9-10H,2,5-8H2,1H3,(H2,16,18,21). The number of rotatable bonds is 5. The van der Waals surface area contributed by atoms with E-state index in [1.807, 2.05) is 11.5 Å². The van der Waals surface area contributed by atoms with Crippen molar-refractivity contribution in [3.05, 3.63) is 30.4 Å². The molecule has 0 bridgehead atoms. The molecule has 0 atom stereocenters. The van der Waals surface area contributed by atoms with Crippen LogP contribution in [0.1, 0.15) is 12.7 Å². The Kier molecular flexibility index (Phi) is 4.60. The molecule has 2 amide bonds. The lowest BCUT2D eigenvalue weighted by molar-refractivity contribution is 0.171. The van der Waals surface area contributed by atoms with Crippen molar-refractivity contribution < 1.29 is 14.3 Å². The zero-order valence-corrected chi connectivity index (χ0v) is 12.9. The molecule has 1 aromatic carbocycles. The fourth-order valence-electron chi connectivity index (χ4n) is 2.32. The van der Waals surface area contributed by atoms with Gasteiger partial charge in [-0.25, -0.2) is 4.79 Å². The molecular weight excluding hydrogens is 298 g/mol. The van der Waals surface area contributed by atoms with Crippen molar-refractivity contribution in [2.24, 2.45) is 0 Å². The molecule has 8 heteroatoms. The number of carbonyl (C=O) groups excluding carboxylic acids is 1. The van der Waals surface area contributed by atoms with Crippen molar-refractivity contribution in [2.45, 2.75) is 19.9 Å². The predicted molar refractivity (Wildman–Crippen MR) is 83.9 cm³/mol. The number of benzene rings is 1. The van der Waals surface area contributed by atoms with Crippen LogP contribution in [-0.4, -0.2) is 40.6 Å². The van der Waals surface area contributed by atoms with Crippen molar-refractivity contribution in [1.29, 1.82) is 0 Å². The Balaban J connectivity index is 1.49. The second kappa shape index (κ2) is 6.99. The molecule has 0 saturated heterocycles. The van der Waals surface area contributed by atoms with Gasteiger partial charge in [-0.3, -0.25) is 0 Å². The molecular formula is C15H19N5O3. The number of anilines is 1. The van der Waals surface area contributed by atoms with E-state index in [0.29, 0.717) is 43.4 Å². The molecule has 8 nitrogen and oxygen atoms in total. The minimum Gasteiger partial charge on any atom is -0.486 e. The third-order valence-corrected chi connectivity index (χ3v) is 3.47. The van der Waals surface area contributed by atoms with Crippen LogP contribution in [-0.2, 0) is 13.0 Å². The smallest absolute Gasteiger partial charge is 0.319 e. The summed E-state index contributed by atoms with van der Waals surface area (Å²) in [5, 5.41) is 13.5. The second-order valence-corrected chi connectivity index (χ2v) is 5.02. The van der Waals surface area contributed by atoms with Gasteiger partial charge in [0.2, 0.25) is 0 Å². The monoisotopic (exact) mass is 317 g/mol. The van der Waals surface area contributed by atoms with Crippen molar-refractivity contribution in [1.82, 2.24) is 20.1 Å². The molecule has 23 heavy (non-hydrogen) atoms. The van der Waals surface area contributed by atoms with Crippen LogP contribution in [0.3, 0.4) is 0 Å². The van der Waals surface area contributed by atoms with Crippen LogP contribution < -0.4 is 20.1 Å². The molecule has 0 fully saturated rings. The molecule has 1 aromatic heterocycles. The molecule has 0 saturated carbocycles. The number of urea groups is 1. The average Bonchev–Trinajstić information content (AvgIpc) is 3.02. The summed E-state index contributed by atoms with van der Waals surface area (Å²) in [6.07, 6.45) is 2.31. The fraction of sp³-hybridized carbons (Fsp3) is 0.400. The van der Waals surface area contributed by atoms with Crippen molar-refractivity contribution in [2.75, 3.05) is 25.1 Å². The normalized spacial score (nSPS) is 12.7. The molecule has 3 rings (SSSR count). The average molecular weight is 317 g/mol. The molecule has 0 unspecified atom stereocenters. The van der Waals surface area contributed by atoms with Crippen molar-refractivity contribution in [3.63, 3.8) is 0 Å². The third kappa shape index (κ3) is 3.71. The molecule has 0 spiro atoms. The fourth-order valence-corrected chi connectivity index (χ4v) is 2.32. The van der Waals surface area contributed by atoms with Crippen LogP contribution in [0.25, 0.3) is 0 Å². The number of carbonyl (C=O) groups is 1. The molecule has 0 aliphatic carbocycles. The quantitative estimate of drug-likeness (QED) is 0.871. The van der Waals surface area contributed by atoms with Gasteiger partial charge < -0.3 is 24.7 Å². The van der Waals surface area contributed by atoms with E-state index in [9.17, 15) is 4.79 Å². The molecule has 2 heterocycles. The zero-order chi connectivity index (χ0) is 16.1. The van der Waals surface area contributed by atoms with E-state index in [2.05, 4.69) is 20.8 Å². The van der Waals surface area contributed by atoms with Crippen LogP contribution in [0, 0.1) is 0 Å². The van der Waals surface area contributed by atoms with Gasteiger partial charge in [-0.1, -0.05) is 0 Å². The second-order valence-electron chi connectivity index (χ2n) is 5.02. The number of aromatic nitrogens is 3. The predicted octanol–water partition coefficient (Wildman–Crippen LogP) is 1.43. The number of ether oxygens (including phenoxy) is 2. The van der Waals surface area contributed by atoms with E-state index in [4.69, 9.17) is 9.47 Å². The Hall–Kier alpha value is -2.77. The summed E-state index contributed by atoms with van der Waals surface area (Å²) >= 11 is 0. The Morgan fingerprint density at radius 3 is 2.96 bits per heavy atom. The maximum atomic E-state index is 11.9. The Morgan fingerprint density at radius 1 is 1.30 bits per heavy atom. The largest absolute Gasteiger partial charge is 0.486 e. The van der Waals surface area contributed by atoms with Gasteiger partial charge in [0, 0.05) is 31.3 Å². The number of nitrogens with one attached hydrogen (secondary N) is 2. The van der Waals surface area contributed by atoms with Gasteiger partial charge in [0.25, 0.3) is 0 Å². The summed E-state index contributed by atoms with van der Waals surface area (Å²) in [7, 11) is 0. The molecule has 2 aromatic rings. The number of amides is 2. The van der Waals surface area contributed by atoms with Gasteiger partial charge in [-0.05, 0) is 19.1 Å². The number of hydrogen-bond acceptors (Lipinski definition) is 5. The highest BCUT2D eigenvalue weighted by Crippen LogP contribution is 2.32. The highest BCUT2D eigenvalue weighted by Gasteiger charge is 2.12. The first-order chi connectivity index (χ1) is 11.3. The van der Waals surface area contributed by atoms with Crippen LogP contribution in [0.2, 0.25) is 0 Å². The lowest BCUT2D eigenvalue weighted by Crippen LogP contribution is -2.31. The molecule has 122 valence electrons. The van der Waals surface area contributed by atoms with Crippen LogP contribution in [0.5, 0.6) is 11.5 Å². The molecule has 1 aliphatic heterocycles. The Bertz CT molecular complexity index is 686. The lowest BCUT2D eigenvalue weighted by Gasteiger charge is -2.19. The minimum atomic E-state index is -0.274. The summed E-state index contributed by atoms with van der Waals surface area (Å²) in [5.41, 5.74) is 0.656. The highest BCUT2D eigenvalue weighted by atomic mass is 16.6. The summed E-state index contributed by atoms with van der Waals surface area (Å²) in [5.74, 6) is 2.19. The van der Waals surface area contributed by atoms with Crippen LogP contribution in [0.15, 0.2) is 24.5 Å². The molecule has 1 aliphatic rings. The zero-order valence-electron chi connectivity index (χ0n) is 12.9. The maximum absolute atomic E-state index is 11.9. The lowest BCUT2D eigenvalue weighted by atomic mass is 10.2. The van der Waals surface area contributed by atoms with E-state index in [1.165, 1.54) is 0 Å². The summed E-state index contributed by atoms with van der Waals surface area (Å²) in [4.78, 5) is 11.9. The van der Waals surface area contributed by atoms with Crippen LogP contribution >= 0.6 is 0 Å². The van der Waals surface area contributed by atoms with E-state index in [1.54, 1.807) is 24.5 Å². The van der Waals surface area contributed by atoms with Crippen molar-refractivity contribution >= 4 is 11.7 Å². The molecule has 2 N–H and O–H groups in total.